The van der Waals surface area contributed by atoms with Crippen molar-refractivity contribution in [3.63, 3.8) is 0 Å². The highest BCUT2D eigenvalue weighted by atomic mass is 16.2. The van der Waals surface area contributed by atoms with E-state index in [2.05, 4.69) is 10.6 Å². The standard InChI is InChI=1S/C16H17N3O2/c1-11-6-8-12(9-7-11)19-15(20)10-18-14-5-3-2-4-13(14)16(17)21/h2-9,18H,10H2,1H3,(H2,17,21)(H,19,20). The number of hydrogen-bond donors (Lipinski definition) is 3. The number of nitrogens with two attached hydrogens (primary N) is 1. The summed E-state index contributed by atoms with van der Waals surface area (Å²) < 4.78 is 0. The molecule has 2 amide bonds. The van der Waals surface area contributed by atoms with E-state index in [1.165, 1.54) is 0 Å². The normalized spacial score (nSPS) is 9.95. The first kappa shape index (κ1) is 14.6. The summed E-state index contributed by atoms with van der Waals surface area (Å²) in [6.07, 6.45) is 0. The number of hydrogen-bond acceptors (Lipinski definition) is 3. The maximum absolute atomic E-state index is 11.9. The topological polar surface area (TPSA) is 84.2 Å². The van der Waals surface area contributed by atoms with Crippen LogP contribution in [0.5, 0.6) is 0 Å². The molecule has 2 rings (SSSR count). The number of aryl methyl sites for hydroxylation is 1. The minimum Gasteiger partial charge on any atom is -0.376 e. The SMILES string of the molecule is Cc1ccc(NC(=O)CNc2ccccc2C(N)=O)cc1. The van der Waals surface area contributed by atoms with Gasteiger partial charge in [0, 0.05) is 11.4 Å². The van der Waals surface area contributed by atoms with Crippen LogP contribution >= 0.6 is 0 Å². The number of carbonyl (C=O) groups excluding carboxylic acids is 2. The Kier molecular flexibility index (Phi) is 4.56. The van der Waals surface area contributed by atoms with Crippen LogP contribution in [0.1, 0.15) is 15.9 Å². The number of primary amides is 1. The molecule has 5 nitrogen and oxygen atoms in total. The van der Waals surface area contributed by atoms with Crippen LogP contribution in [0.15, 0.2) is 48.5 Å². The molecule has 0 aliphatic heterocycles. The summed E-state index contributed by atoms with van der Waals surface area (Å²) in [7, 11) is 0. The number of para-hydroxylation sites is 1. The van der Waals surface area contributed by atoms with E-state index in [0.717, 1.165) is 11.3 Å². The molecule has 0 aliphatic rings. The van der Waals surface area contributed by atoms with Crippen LogP contribution in [-0.2, 0) is 4.79 Å². The van der Waals surface area contributed by atoms with Crippen molar-refractivity contribution in [1.82, 2.24) is 0 Å². The molecule has 108 valence electrons. The highest BCUT2D eigenvalue weighted by Gasteiger charge is 2.08. The third kappa shape index (κ3) is 4.07. The number of benzene rings is 2. The van der Waals surface area contributed by atoms with E-state index < -0.39 is 5.91 Å². The third-order valence-corrected chi connectivity index (χ3v) is 2.97. The molecule has 0 unspecified atom stereocenters. The molecular weight excluding hydrogens is 266 g/mol. The van der Waals surface area contributed by atoms with Gasteiger partial charge >= 0.3 is 0 Å². The van der Waals surface area contributed by atoms with Crippen molar-refractivity contribution in [2.75, 3.05) is 17.2 Å². The number of rotatable bonds is 5. The zero-order valence-corrected chi connectivity index (χ0v) is 11.7. The molecule has 0 spiro atoms. The van der Waals surface area contributed by atoms with Crippen molar-refractivity contribution in [2.45, 2.75) is 6.92 Å². The molecule has 0 fully saturated rings. The highest BCUT2D eigenvalue weighted by Crippen LogP contribution is 2.14. The van der Waals surface area contributed by atoms with Crippen molar-refractivity contribution >= 4 is 23.2 Å². The largest absolute Gasteiger partial charge is 0.376 e. The van der Waals surface area contributed by atoms with Crippen molar-refractivity contribution in [1.29, 1.82) is 0 Å². The summed E-state index contributed by atoms with van der Waals surface area (Å²) in [5, 5.41) is 5.68. The van der Waals surface area contributed by atoms with Gasteiger partial charge in [0.2, 0.25) is 5.91 Å². The number of anilines is 2. The van der Waals surface area contributed by atoms with Gasteiger partial charge in [-0.15, -0.1) is 0 Å². The molecule has 0 heterocycles. The second-order valence-corrected chi connectivity index (χ2v) is 4.68. The van der Waals surface area contributed by atoms with E-state index in [1.54, 1.807) is 24.3 Å². The summed E-state index contributed by atoms with van der Waals surface area (Å²) in [4.78, 5) is 23.1. The van der Waals surface area contributed by atoms with Gasteiger partial charge < -0.3 is 16.4 Å². The monoisotopic (exact) mass is 283 g/mol. The first-order valence-electron chi connectivity index (χ1n) is 6.55. The molecule has 0 radical (unpaired) electrons. The maximum atomic E-state index is 11.9. The Morgan fingerprint density at radius 1 is 1.05 bits per heavy atom. The fraction of sp³-hybridized carbons (Fsp3) is 0.125. The van der Waals surface area contributed by atoms with Gasteiger partial charge in [-0.3, -0.25) is 9.59 Å². The lowest BCUT2D eigenvalue weighted by atomic mass is 10.1. The smallest absolute Gasteiger partial charge is 0.250 e. The van der Waals surface area contributed by atoms with E-state index >= 15 is 0 Å². The Morgan fingerprint density at radius 3 is 2.38 bits per heavy atom. The van der Waals surface area contributed by atoms with E-state index in [1.807, 2.05) is 31.2 Å². The van der Waals surface area contributed by atoms with Gasteiger partial charge in [0.1, 0.15) is 0 Å². The zero-order valence-electron chi connectivity index (χ0n) is 11.7. The molecular formula is C16H17N3O2. The molecule has 0 saturated heterocycles. The Balaban J connectivity index is 1.95. The van der Waals surface area contributed by atoms with E-state index in [4.69, 9.17) is 5.73 Å². The summed E-state index contributed by atoms with van der Waals surface area (Å²) in [6, 6.07) is 14.3. The fourth-order valence-electron chi connectivity index (χ4n) is 1.87. The molecule has 0 bridgehead atoms. The quantitative estimate of drug-likeness (QED) is 0.786. The fourth-order valence-corrected chi connectivity index (χ4v) is 1.87. The van der Waals surface area contributed by atoms with Gasteiger partial charge in [-0.25, -0.2) is 0 Å². The molecule has 0 atom stereocenters. The average molecular weight is 283 g/mol. The number of nitrogens with one attached hydrogen (secondary N) is 2. The second-order valence-electron chi connectivity index (χ2n) is 4.68. The lowest BCUT2D eigenvalue weighted by Gasteiger charge is -2.10. The molecule has 0 aliphatic carbocycles. The van der Waals surface area contributed by atoms with Crippen LogP contribution in [0.4, 0.5) is 11.4 Å². The Labute approximate surface area is 123 Å². The number of amides is 2. The van der Waals surface area contributed by atoms with Crippen molar-refractivity contribution in [3.05, 3.63) is 59.7 Å². The summed E-state index contributed by atoms with van der Waals surface area (Å²) in [6.45, 7) is 2.03. The Hall–Kier alpha value is -2.82. The van der Waals surface area contributed by atoms with E-state index in [0.29, 0.717) is 11.3 Å². The Morgan fingerprint density at radius 2 is 1.71 bits per heavy atom. The van der Waals surface area contributed by atoms with E-state index in [9.17, 15) is 9.59 Å². The molecule has 5 heteroatoms. The Bertz CT molecular complexity index is 651. The van der Waals surface area contributed by atoms with Gasteiger partial charge in [-0.05, 0) is 31.2 Å². The summed E-state index contributed by atoms with van der Waals surface area (Å²) in [5.41, 5.74) is 8.04. The lowest BCUT2D eigenvalue weighted by molar-refractivity contribution is -0.114. The van der Waals surface area contributed by atoms with Crippen molar-refractivity contribution in [3.8, 4) is 0 Å². The molecule has 4 N–H and O–H groups in total. The van der Waals surface area contributed by atoms with Gasteiger partial charge in [0.25, 0.3) is 5.91 Å². The van der Waals surface area contributed by atoms with Gasteiger partial charge in [-0.2, -0.15) is 0 Å². The van der Waals surface area contributed by atoms with Crippen LogP contribution in [-0.4, -0.2) is 18.4 Å². The van der Waals surface area contributed by atoms with Crippen LogP contribution in [0.3, 0.4) is 0 Å². The lowest BCUT2D eigenvalue weighted by Crippen LogP contribution is -2.23. The highest BCUT2D eigenvalue weighted by molar-refractivity contribution is 6.00. The maximum Gasteiger partial charge on any atom is 0.250 e. The van der Waals surface area contributed by atoms with Crippen molar-refractivity contribution < 1.29 is 9.59 Å². The van der Waals surface area contributed by atoms with Crippen LogP contribution in [0.2, 0.25) is 0 Å². The molecule has 2 aromatic rings. The number of carbonyl (C=O) groups is 2. The minimum atomic E-state index is -0.531. The second kappa shape index (κ2) is 6.56. The zero-order chi connectivity index (χ0) is 15.2. The van der Waals surface area contributed by atoms with Gasteiger partial charge in [0.05, 0.1) is 12.1 Å². The van der Waals surface area contributed by atoms with E-state index in [-0.39, 0.29) is 12.5 Å². The van der Waals surface area contributed by atoms with Crippen LogP contribution in [0, 0.1) is 6.92 Å². The van der Waals surface area contributed by atoms with Gasteiger partial charge in [0.15, 0.2) is 0 Å². The molecule has 21 heavy (non-hydrogen) atoms. The molecule has 0 saturated carbocycles. The molecule has 2 aromatic carbocycles. The minimum absolute atomic E-state index is 0.0537. The van der Waals surface area contributed by atoms with Crippen LogP contribution in [0.25, 0.3) is 0 Å². The van der Waals surface area contributed by atoms with Gasteiger partial charge in [-0.1, -0.05) is 29.8 Å². The summed E-state index contributed by atoms with van der Waals surface area (Å²) >= 11 is 0. The van der Waals surface area contributed by atoms with Crippen LogP contribution < -0.4 is 16.4 Å². The predicted molar refractivity (Wildman–Crippen MR) is 83.3 cm³/mol. The molecule has 0 aromatic heterocycles. The average Bonchev–Trinajstić information content (AvgIpc) is 2.48. The predicted octanol–water partition coefficient (Wildman–Crippen LogP) is 2.14. The third-order valence-electron chi connectivity index (χ3n) is 2.97. The first-order valence-corrected chi connectivity index (χ1v) is 6.55. The van der Waals surface area contributed by atoms with Crippen molar-refractivity contribution in [2.24, 2.45) is 5.73 Å². The first-order chi connectivity index (χ1) is 10.1. The summed E-state index contributed by atoms with van der Waals surface area (Å²) in [5.74, 6) is -0.727.